The lowest BCUT2D eigenvalue weighted by Gasteiger charge is -2.27. The zero-order valence-corrected chi connectivity index (χ0v) is 15.2. The van der Waals surface area contributed by atoms with Crippen LogP contribution < -0.4 is 0 Å². The first-order chi connectivity index (χ1) is 12.0. The highest BCUT2D eigenvalue weighted by Crippen LogP contribution is 2.39. The van der Waals surface area contributed by atoms with Crippen LogP contribution in [0.2, 0.25) is 0 Å². The van der Waals surface area contributed by atoms with Gasteiger partial charge in [0.15, 0.2) is 0 Å². The SMILES string of the molecule is Cc1ccc2c(c1F)CCc1c-2ccc(CC2CCC(C)CC2)c1F. The lowest BCUT2D eigenvalue weighted by atomic mass is 9.78. The summed E-state index contributed by atoms with van der Waals surface area (Å²) in [7, 11) is 0. The van der Waals surface area contributed by atoms with Crippen molar-refractivity contribution in [2.75, 3.05) is 0 Å². The Bertz CT molecular complexity index is 798. The molecule has 0 spiro atoms. The maximum atomic E-state index is 15.2. The molecule has 0 N–H and O–H groups in total. The molecule has 0 unspecified atom stereocenters. The van der Waals surface area contributed by atoms with Crippen molar-refractivity contribution in [3.63, 3.8) is 0 Å². The Morgan fingerprint density at radius 1 is 0.840 bits per heavy atom. The van der Waals surface area contributed by atoms with Crippen LogP contribution in [-0.4, -0.2) is 0 Å². The van der Waals surface area contributed by atoms with Gasteiger partial charge < -0.3 is 0 Å². The van der Waals surface area contributed by atoms with E-state index in [0.29, 0.717) is 24.3 Å². The van der Waals surface area contributed by atoms with Crippen molar-refractivity contribution in [3.8, 4) is 11.1 Å². The van der Waals surface area contributed by atoms with Crippen molar-refractivity contribution in [2.45, 2.75) is 58.8 Å². The predicted octanol–water partition coefficient (Wildman–Crippen LogP) is 6.41. The molecule has 1 saturated carbocycles. The number of rotatable bonds is 2. The molecule has 0 atom stereocenters. The molecule has 0 nitrogen and oxygen atoms in total. The minimum atomic E-state index is -0.121. The molecule has 1 fully saturated rings. The van der Waals surface area contributed by atoms with E-state index in [2.05, 4.69) is 6.92 Å². The van der Waals surface area contributed by atoms with E-state index in [0.717, 1.165) is 40.2 Å². The van der Waals surface area contributed by atoms with Crippen molar-refractivity contribution in [2.24, 2.45) is 11.8 Å². The van der Waals surface area contributed by atoms with E-state index in [1.54, 1.807) is 13.0 Å². The van der Waals surface area contributed by atoms with Gasteiger partial charge in [0.05, 0.1) is 0 Å². The molecule has 0 saturated heterocycles. The largest absolute Gasteiger partial charge is 0.206 e. The molecule has 2 aliphatic rings. The van der Waals surface area contributed by atoms with Crippen LogP contribution in [0.15, 0.2) is 24.3 Å². The molecule has 0 aromatic heterocycles. The molecule has 0 aliphatic heterocycles. The Kier molecular flexibility index (Phi) is 4.39. The number of fused-ring (bicyclic) bond motifs is 3. The third-order valence-electron chi connectivity index (χ3n) is 6.32. The number of hydrogen-bond donors (Lipinski definition) is 0. The van der Waals surface area contributed by atoms with Gasteiger partial charge in [0.2, 0.25) is 0 Å². The highest BCUT2D eigenvalue weighted by Gasteiger charge is 2.25. The third-order valence-corrected chi connectivity index (χ3v) is 6.32. The molecule has 0 radical (unpaired) electrons. The fourth-order valence-corrected chi connectivity index (χ4v) is 4.65. The van der Waals surface area contributed by atoms with Gasteiger partial charge in [0.25, 0.3) is 0 Å². The summed E-state index contributed by atoms with van der Waals surface area (Å²) in [6.45, 7) is 4.10. The van der Waals surface area contributed by atoms with Gasteiger partial charge in [-0.3, -0.25) is 0 Å². The maximum absolute atomic E-state index is 15.2. The summed E-state index contributed by atoms with van der Waals surface area (Å²) in [5, 5.41) is 0. The van der Waals surface area contributed by atoms with Gasteiger partial charge in [-0.1, -0.05) is 44.0 Å². The topological polar surface area (TPSA) is 0 Å². The molecule has 4 rings (SSSR count). The zero-order chi connectivity index (χ0) is 17.6. The van der Waals surface area contributed by atoms with Crippen molar-refractivity contribution in [1.82, 2.24) is 0 Å². The van der Waals surface area contributed by atoms with Crippen LogP contribution in [0.25, 0.3) is 11.1 Å². The van der Waals surface area contributed by atoms with Crippen LogP contribution in [0, 0.1) is 30.4 Å². The molecule has 2 aromatic rings. The summed E-state index contributed by atoms with van der Waals surface area (Å²) < 4.78 is 29.6. The minimum absolute atomic E-state index is 0.0391. The Morgan fingerprint density at radius 3 is 2.12 bits per heavy atom. The summed E-state index contributed by atoms with van der Waals surface area (Å²) in [5.41, 5.74) is 4.83. The van der Waals surface area contributed by atoms with Gasteiger partial charge in [-0.15, -0.1) is 0 Å². The average molecular weight is 340 g/mol. The van der Waals surface area contributed by atoms with Gasteiger partial charge in [0, 0.05) is 0 Å². The highest BCUT2D eigenvalue weighted by molar-refractivity contribution is 5.74. The summed E-state index contributed by atoms with van der Waals surface area (Å²) in [6.07, 6.45) is 7.00. The lowest BCUT2D eigenvalue weighted by molar-refractivity contribution is 0.287. The summed E-state index contributed by atoms with van der Waals surface area (Å²) in [4.78, 5) is 0. The van der Waals surface area contributed by atoms with E-state index in [4.69, 9.17) is 0 Å². The number of benzene rings is 2. The van der Waals surface area contributed by atoms with E-state index < -0.39 is 0 Å². The monoisotopic (exact) mass is 340 g/mol. The van der Waals surface area contributed by atoms with Crippen LogP contribution in [0.1, 0.15) is 54.9 Å². The minimum Gasteiger partial charge on any atom is -0.206 e. The number of halogens is 2. The third kappa shape index (κ3) is 3.01. The van der Waals surface area contributed by atoms with Crippen molar-refractivity contribution in [1.29, 1.82) is 0 Å². The van der Waals surface area contributed by atoms with E-state index in [1.807, 2.05) is 18.2 Å². The molecular formula is C23H26F2. The van der Waals surface area contributed by atoms with Crippen molar-refractivity contribution < 1.29 is 8.78 Å². The summed E-state index contributed by atoms with van der Waals surface area (Å²) in [5.74, 6) is 1.27. The van der Waals surface area contributed by atoms with Crippen molar-refractivity contribution >= 4 is 0 Å². The van der Waals surface area contributed by atoms with Gasteiger partial charge in [-0.25, -0.2) is 8.78 Å². The predicted molar refractivity (Wildman–Crippen MR) is 98.8 cm³/mol. The Hall–Kier alpha value is -1.70. The van der Waals surface area contributed by atoms with Crippen LogP contribution in [0.4, 0.5) is 8.78 Å². The Labute approximate surface area is 149 Å². The molecule has 2 aromatic carbocycles. The first-order valence-corrected chi connectivity index (χ1v) is 9.63. The Balaban J connectivity index is 1.66. The number of hydrogen-bond acceptors (Lipinski definition) is 0. The maximum Gasteiger partial charge on any atom is 0.130 e. The van der Waals surface area contributed by atoms with Crippen LogP contribution in [-0.2, 0) is 19.3 Å². The normalized spacial score (nSPS) is 22.4. The van der Waals surface area contributed by atoms with E-state index in [9.17, 15) is 4.39 Å². The molecule has 0 bridgehead atoms. The van der Waals surface area contributed by atoms with E-state index in [-0.39, 0.29) is 11.6 Å². The molecule has 2 heteroatoms. The summed E-state index contributed by atoms with van der Waals surface area (Å²) in [6, 6.07) is 7.72. The van der Waals surface area contributed by atoms with Crippen LogP contribution in [0.3, 0.4) is 0 Å². The molecule has 132 valence electrons. The fraction of sp³-hybridized carbons (Fsp3) is 0.478. The quantitative estimate of drug-likeness (QED) is 0.593. The fourth-order valence-electron chi connectivity index (χ4n) is 4.65. The standard InChI is InChI=1S/C23H26F2/c1-14-3-6-16(7-4-14)13-17-8-10-19-18-9-5-15(2)22(24)20(18)11-12-21(19)23(17)25/h5,8-10,14,16H,3-4,6-7,11-13H2,1-2H3. The smallest absolute Gasteiger partial charge is 0.130 e. The first kappa shape index (κ1) is 16.8. The lowest BCUT2D eigenvalue weighted by Crippen LogP contribution is -2.16. The number of aryl methyl sites for hydroxylation is 1. The van der Waals surface area contributed by atoms with Gasteiger partial charge in [-0.05, 0) is 84.2 Å². The molecule has 2 aliphatic carbocycles. The van der Waals surface area contributed by atoms with Crippen LogP contribution >= 0.6 is 0 Å². The van der Waals surface area contributed by atoms with Gasteiger partial charge in [-0.2, -0.15) is 0 Å². The van der Waals surface area contributed by atoms with Gasteiger partial charge >= 0.3 is 0 Å². The van der Waals surface area contributed by atoms with Crippen LogP contribution in [0.5, 0.6) is 0 Å². The van der Waals surface area contributed by atoms with E-state index >= 15 is 4.39 Å². The zero-order valence-electron chi connectivity index (χ0n) is 15.2. The molecule has 0 amide bonds. The van der Waals surface area contributed by atoms with Crippen molar-refractivity contribution in [3.05, 3.63) is 58.2 Å². The molecule has 0 heterocycles. The van der Waals surface area contributed by atoms with E-state index in [1.165, 1.54) is 25.7 Å². The Morgan fingerprint density at radius 2 is 1.44 bits per heavy atom. The first-order valence-electron chi connectivity index (χ1n) is 9.63. The molecular weight excluding hydrogens is 314 g/mol. The summed E-state index contributed by atoms with van der Waals surface area (Å²) >= 11 is 0. The highest BCUT2D eigenvalue weighted by atomic mass is 19.1. The average Bonchev–Trinajstić information content (AvgIpc) is 2.62. The second-order valence-corrected chi connectivity index (χ2v) is 8.12. The second kappa shape index (κ2) is 6.55. The molecule has 25 heavy (non-hydrogen) atoms. The van der Waals surface area contributed by atoms with Gasteiger partial charge in [0.1, 0.15) is 11.6 Å². The second-order valence-electron chi connectivity index (χ2n) is 8.12.